The molecule has 1 aromatic carbocycles. The summed E-state index contributed by atoms with van der Waals surface area (Å²) in [6.07, 6.45) is 2.73. The van der Waals surface area contributed by atoms with Crippen LogP contribution in [0.25, 0.3) is 0 Å². The Balaban J connectivity index is 2.30. The third-order valence-electron chi connectivity index (χ3n) is 3.27. The van der Waals surface area contributed by atoms with Crippen LogP contribution in [0.3, 0.4) is 0 Å². The minimum atomic E-state index is -4.15. The van der Waals surface area contributed by atoms with Crippen molar-refractivity contribution in [2.75, 3.05) is 18.4 Å². The van der Waals surface area contributed by atoms with E-state index in [2.05, 4.69) is 9.82 Å². The fourth-order valence-electron chi connectivity index (χ4n) is 1.97. The molecule has 0 aliphatic heterocycles. The zero-order valence-electron chi connectivity index (χ0n) is 13.0. The fraction of sp³-hybridized carbons (Fsp3) is 0.286. The molecular formula is C14H16FN3O5S. The molecule has 0 aliphatic carbocycles. The highest BCUT2D eigenvalue weighted by molar-refractivity contribution is 7.92. The number of halogens is 1. The van der Waals surface area contributed by atoms with Gasteiger partial charge in [0.25, 0.3) is 10.0 Å². The predicted octanol–water partition coefficient (Wildman–Crippen LogP) is 1.48. The van der Waals surface area contributed by atoms with Crippen LogP contribution >= 0.6 is 0 Å². The Morgan fingerprint density at radius 2 is 2.17 bits per heavy atom. The molecule has 1 heterocycles. The lowest BCUT2D eigenvalue weighted by Gasteiger charge is -2.09. The Labute approximate surface area is 137 Å². The second-order valence-corrected chi connectivity index (χ2v) is 6.66. The van der Waals surface area contributed by atoms with Gasteiger partial charge in [-0.3, -0.25) is 9.40 Å². The summed E-state index contributed by atoms with van der Waals surface area (Å²) >= 11 is 0. The zero-order valence-corrected chi connectivity index (χ0v) is 13.8. The van der Waals surface area contributed by atoms with Crippen molar-refractivity contribution in [1.82, 2.24) is 9.78 Å². The maximum absolute atomic E-state index is 13.8. The SMILES string of the molecule is COCCn1cc(NS(=O)(=O)c2cc(F)c(C)c(C(=O)O)c2)cn1. The summed E-state index contributed by atoms with van der Waals surface area (Å²) in [5, 5.41) is 13.0. The average molecular weight is 357 g/mol. The molecule has 0 fully saturated rings. The van der Waals surface area contributed by atoms with Crippen LogP contribution in [0, 0.1) is 12.7 Å². The van der Waals surface area contributed by atoms with Gasteiger partial charge in [0.15, 0.2) is 0 Å². The number of methoxy groups -OCH3 is 1. The van der Waals surface area contributed by atoms with E-state index in [9.17, 15) is 17.6 Å². The summed E-state index contributed by atoms with van der Waals surface area (Å²) in [6, 6.07) is 1.69. The van der Waals surface area contributed by atoms with Gasteiger partial charge in [-0.2, -0.15) is 5.10 Å². The van der Waals surface area contributed by atoms with Gasteiger partial charge in [0.05, 0.1) is 35.5 Å². The molecule has 130 valence electrons. The van der Waals surface area contributed by atoms with Gasteiger partial charge < -0.3 is 9.84 Å². The van der Waals surface area contributed by atoms with Gasteiger partial charge in [-0.05, 0) is 24.6 Å². The summed E-state index contributed by atoms with van der Waals surface area (Å²) < 4.78 is 47.1. The molecular weight excluding hydrogens is 341 g/mol. The minimum Gasteiger partial charge on any atom is -0.478 e. The van der Waals surface area contributed by atoms with E-state index < -0.39 is 32.3 Å². The Morgan fingerprint density at radius 3 is 2.79 bits per heavy atom. The van der Waals surface area contributed by atoms with E-state index in [0.717, 1.165) is 12.1 Å². The van der Waals surface area contributed by atoms with Crippen LogP contribution in [-0.2, 0) is 21.3 Å². The van der Waals surface area contributed by atoms with Gasteiger partial charge in [-0.15, -0.1) is 0 Å². The maximum atomic E-state index is 13.8. The summed E-state index contributed by atoms with van der Waals surface area (Å²) in [7, 11) is -2.63. The number of carboxylic acids is 1. The molecule has 0 unspecified atom stereocenters. The second-order valence-electron chi connectivity index (χ2n) is 4.97. The standard InChI is InChI=1S/C14H16FN3O5S/c1-9-12(14(19)20)5-11(6-13(9)15)24(21,22)17-10-7-16-18(8-10)3-4-23-2/h5-8,17H,3-4H2,1-2H3,(H,19,20). The van der Waals surface area contributed by atoms with Crippen molar-refractivity contribution in [3.8, 4) is 0 Å². The molecule has 0 bridgehead atoms. The minimum absolute atomic E-state index is 0.131. The number of nitrogens with one attached hydrogen (secondary N) is 1. The van der Waals surface area contributed by atoms with Crippen LogP contribution in [0.4, 0.5) is 10.1 Å². The number of benzene rings is 1. The molecule has 2 N–H and O–H groups in total. The number of hydrogen-bond acceptors (Lipinski definition) is 5. The number of hydrogen-bond donors (Lipinski definition) is 2. The number of sulfonamides is 1. The van der Waals surface area contributed by atoms with E-state index in [-0.39, 0.29) is 11.3 Å². The third kappa shape index (κ3) is 3.89. The number of nitrogens with zero attached hydrogens (tertiary/aromatic N) is 2. The number of ether oxygens (including phenoxy) is 1. The van der Waals surface area contributed by atoms with Gasteiger partial charge in [-0.25, -0.2) is 17.6 Å². The van der Waals surface area contributed by atoms with Crippen molar-refractivity contribution in [3.05, 3.63) is 41.5 Å². The zero-order chi connectivity index (χ0) is 17.9. The maximum Gasteiger partial charge on any atom is 0.336 e. The first-order valence-corrected chi connectivity index (χ1v) is 8.30. The first kappa shape index (κ1) is 17.9. The number of aromatic carboxylic acids is 1. The number of carboxylic acid groups (broad SMARTS) is 1. The Bertz CT molecular complexity index is 863. The molecule has 1 aromatic heterocycles. The largest absolute Gasteiger partial charge is 0.478 e. The van der Waals surface area contributed by atoms with Gasteiger partial charge in [0, 0.05) is 13.3 Å². The van der Waals surface area contributed by atoms with Gasteiger partial charge in [-0.1, -0.05) is 0 Å². The highest BCUT2D eigenvalue weighted by Gasteiger charge is 2.21. The Hall–Kier alpha value is -2.46. The first-order valence-electron chi connectivity index (χ1n) is 6.82. The Kier molecular flexibility index (Phi) is 5.20. The smallest absolute Gasteiger partial charge is 0.336 e. The third-order valence-corrected chi connectivity index (χ3v) is 4.63. The molecule has 0 amide bonds. The summed E-state index contributed by atoms with van der Waals surface area (Å²) in [5.41, 5.74) is -0.371. The van der Waals surface area contributed by atoms with Crippen molar-refractivity contribution in [2.24, 2.45) is 0 Å². The molecule has 10 heteroatoms. The lowest BCUT2D eigenvalue weighted by atomic mass is 10.1. The van der Waals surface area contributed by atoms with Gasteiger partial charge in [0.1, 0.15) is 5.82 Å². The number of anilines is 1. The second kappa shape index (κ2) is 6.97. The molecule has 2 aromatic rings. The molecule has 2 rings (SSSR count). The number of carbonyl (C=O) groups is 1. The topological polar surface area (TPSA) is 111 Å². The van der Waals surface area contributed by atoms with Crippen molar-refractivity contribution in [3.63, 3.8) is 0 Å². The summed E-state index contributed by atoms with van der Waals surface area (Å²) in [5.74, 6) is -2.32. The average Bonchev–Trinajstić information content (AvgIpc) is 2.93. The molecule has 0 radical (unpaired) electrons. The van der Waals surface area contributed by atoms with Crippen molar-refractivity contribution < 1.29 is 27.4 Å². The number of aromatic nitrogens is 2. The highest BCUT2D eigenvalue weighted by atomic mass is 32.2. The quantitative estimate of drug-likeness (QED) is 0.776. The normalized spacial score (nSPS) is 11.5. The predicted molar refractivity (Wildman–Crippen MR) is 83.0 cm³/mol. The molecule has 0 saturated carbocycles. The van der Waals surface area contributed by atoms with E-state index in [4.69, 9.17) is 9.84 Å². The highest BCUT2D eigenvalue weighted by Crippen LogP contribution is 2.21. The molecule has 24 heavy (non-hydrogen) atoms. The van der Waals surface area contributed by atoms with Crippen molar-refractivity contribution in [2.45, 2.75) is 18.4 Å². The molecule has 0 spiro atoms. The lowest BCUT2D eigenvalue weighted by molar-refractivity contribution is 0.0695. The Morgan fingerprint density at radius 1 is 1.46 bits per heavy atom. The van der Waals surface area contributed by atoms with E-state index in [1.54, 1.807) is 0 Å². The first-order chi connectivity index (χ1) is 11.2. The van der Waals surface area contributed by atoms with Crippen LogP contribution < -0.4 is 4.72 Å². The van der Waals surface area contributed by atoms with Crippen LogP contribution in [-0.4, -0.2) is 43.0 Å². The van der Waals surface area contributed by atoms with Crippen LogP contribution in [0.5, 0.6) is 0 Å². The van der Waals surface area contributed by atoms with E-state index in [0.29, 0.717) is 13.2 Å². The molecule has 0 saturated heterocycles. The van der Waals surface area contributed by atoms with Gasteiger partial charge in [0.2, 0.25) is 0 Å². The van der Waals surface area contributed by atoms with Gasteiger partial charge >= 0.3 is 5.97 Å². The van der Waals surface area contributed by atoms with E-state index >= 15 is 0 Å². The molecule has 0 aliphatic rings. The lowest BCUT2D eigenvalue weighted by Crippen LogP contribution is -2.15. The summed E-state index contributed by atoms with van der Waals surface area (Å²) in [6.45, 7) is 2.10. The van der Waals surface area contributed by atoms with Crippen LogP contribution in [0.2, 0.25) is 0 Å². The monoisotopic (exact) mass is 357 g/mol. The molecule has 0 atom stereocenters. The van der Waals surface area contributed by atoms with Crippen LogP contribution in [0.15, 0.2) is 29.4 Å². The van der Waals surface area contributed by atoms with E-state index in [1.165, 1.54) is 31.1 Å². The van der Waals surface area contributed by atoms with Crippen LogP contribution in [0.1, 0.15) is 15.9 Å². The number of rotatable bonds is 7. The van der Waals surface area contributed by atoms with Crippen molar-refractivity contribution >= 4 is 21.7 Å². The fourth-order valence-corrected chi connectivity index (χ4v) is 3.03. The molecule has 8 nitrogen and oxygen atoms in total. The van der Waals surface area contributed by atoms with E-state index in [1.807, 2.05) is 0 Å². The van der Waals surface area contributed by atoms with Crippen molar-refractivity contribution in [1.29, 1.82) is 0 Å². The summed E-state index contributed by atoms with van der Waals surface area (Å²) in [4.78, 5) is 10.6.